The predicted molar refractivity (Wildman–Crippen MR) is 82.3 cm³/mol. The second-order valence-electron chi connectivity index (χ2n) is 6.06. The average molecular weight is 289 g/mol. The maximum Gasteiger partial charge on any atom is 0.250 e. The molecule has 0 unspecified atom stereocenters. The first-order valence-corrected chi connectivity index (χ1v) is 7.94. The largest absolute Gasteiger partial charge is 0.323 e. The van der Waals surface area contributed by atoms with Crippen molar-refractivity contribution in [3.63, 3.8) is 0 Å². The summed E-state index contributed by atoms with van der Waals surface area (Å²) >= 11 is 0. The number of nitrogens with one attached hydrogen (secondary N) is 1. The first kappa shape index (κ1) is 14.3. The lowest BCUT2D eigenvalue weighted by Crippen LogP contribution is -2.44. The standard InChI is InChI=1S/C16H23N3O2/c1-2-18-11-13(7-8-14(18)20)17-16(21)15(12-5-6-12)19-9-3-4-10-19/h7-8,11-12,15H,2-6,9-10H2,1H3,(H,17,21)/t15-/m1/s1. The first-order chi connectivity index (χ1) is 10.2. The van der Waals surface area contributed by atoms with Crippen LogP contribution in [0.3, 0.4) is 0 Å². The van der Waals surface area contributed by atoms with Crippen molar-refractivity contribution in [2.24, 2.45) is 5.92 Å². The third kappa shape index (κ3) is 3.18. The summed E-state index contributed by atoms with van der Waals surface area (Å²) in [5.74, 6) is 0.598. The fraction of sp³-hybridized carbons (Fsp3) is 0.625. The van der Waals surface area contributed by atoms with Gasteiger partial charge >= 0.3 is 0 Å². The average Bonchev–Trinajstić information content (AvgIpc) is 3.15. The fourth-order valence-corrected chi connectivity index (χ4v) is 3.18. The molecule has 1 aromatic heterocycles. The monoisotopic (exact) mass is 289 g/mol. The van der Waals surface area contributed by atoms with Gasteiger partial charge in [-0.25, -0.2) is 0 Å². The second-order valence-corrected chi connectivity index (χ2v) is 6.06. The van der Waals surface area contributed by atoms with E-state index in [1.54, 1.807) is 16.8 Å². The van der Waals surface area contributed by atoms with Gasteiger partial charge in [-0.15, -0.1) is 0 Å². The number of hydrogen-bond acceptors (Lipinski definition) is 3. The van der Waals surface area contributed by atoms with Crippen LogP contribution in [0.4, 0.5) is 5.69 Å². The van der Waals surface area contributed by atoms with Crippen molar-refractivity contribution in [2.75, 3.05) is 18.4 Å². The Bertz CT molecular complexity index is 571. The summed E-state index contributed by atoms with van der Waals surface area (Å²) < 4.78 is 1.61. The van der Waals surface area contributed by atoms with Gasteiger partial charge in [-0.3, -0.25) is 14.5 Å². The summed E-state index contributed by atoms with van der Waals surface area (Å²) in [6.07, 6.45) is 6.43. The van der Waals surface area contributed by atoms with Crippen molar-refractivity contribution in [1.29, 1.82) is 0 Å². The third-order valence-electron chi connectivity index (χ3n) is 4.46. The van der Waals surface area contributed by atoms with E-state index < -0.39 is 0 Å². The van der Waals surface area contributed by atoms with Crippen LogP contribution >= 0.6 is 0 Å². The Balaban J connectivity index is 1.73. The summed E-state index contributed by atoms with van der Waals surface area (Å²) in [6, 6.07) is 3.22. The highest BCUT2D eigenvalue weighted by Crippen LogP contribution is 2.37. The maximum atomic E-state index is 12.6. The summed E-state index contributed by atoms with van der Waals surface area (Å²) in [6.45, 7) is 4.59. The van der Waals surface area contributed by atoms with E-state index in [1.165, 1.54) is 18.9 Å². The van der Waals surface area contributed by atoms with Crippen molar-refractivity contribution >= 4 is 11.6 Å². The molecule has 0 radical (unpaired) electrons. The topological polar surface area (TPSA) is 54.3 Å². The molecule has 2 heterocycles. The van der Waals surface area contributed by atoms with Gasteiger partial charge in [0.2, 0.25) is 5.91 Å². The number of anilines is 1. The molecule has 1 atom stereocenters. The molecule has 0 aromatic carbocycles. The number of carbonyl (C=O) groups excluding carboxylic acids is 1. The smallest absolute Gasteiger partial charge is 0.250 e. The number of amides is 1. The molecule has 2 fully saturated rings. The van der Waals surface area contributed by atoms with Crippen molar-refractivity contribution in [3.8, 4) is 0 Å². The van der Waals surface area contributed by atoms with Crippen molar-refractivity contribution in [2.45, 2.75) is 45.2 Å². The zero-order valence-electron chi connectivity index (χ0n) is 12.5. The van der Waals surface area contributed by atoms with Crippen LogP contribution < -0.4 is 10.9 Å². The van der Waals surface area contributed by atoms with E-state index in [0.717, 1.165) is 25.9 Å². The normalized spacial score (nSPS) is 20.4. The molecule has 21 heavy (non-hydrogen) atoms. The number of rotatable bonds is 5. The Hall–Kier alpha value is -1.62. The minimum absolute atomic E-state index is 0.00880. The molecule has 1 saturated carbocycles. The molecular weight excluding hydrogens is 266 g/mol. The van der Waals surface area contributed by atoms with E-state index in [9.17, 15) is 9.59 Å². The van der Waals surface area contributed by atoms with Crippen LogP contribution in [0, 0.1) is 5.92 Å². The van der Waals surface area contributed by atoms with Gasteiger partial charge in [-0.2, -0.15) is 0 Å². The van der Waals surface area contributed by atoms with E-state index >= 15 is 0 Å². The van der Waals surface area contributed by atoms with E-state index in [2.05, 4.69) is 10.2 Å². The molecule has 2 aliphatic rings. The summed E-state index contributed by atoms with van der Waals surface area (Å²) in [7, 11) is 0. The maximum absolute atomic E-state index is 12.6. The number of aryl methyl sites for hydroxylation is 1. The van der Waals surface area contributed by atoms with Gasteiger partial charge in [0.1, 0.15) is 0 Å². The number of pyridine rings is 1. The lowest BCUT2D eigenvalue weighted by molar-refractivity contribution is -0.121. The van der Waals surface area contributed by atoms with Crippen molar-refractivity contribution in [1.82, 2.24) is 9.47 Å². The van der Waals surface area contributed by atoms with Crippen LogP contribution in [0.15, 0.2) is 23.1 Å². The van der Waals surface area contributed by atoms with Gasteiger partial charge in [0.15, 0.2) is 0 Å². The van der Waals surface area contributed by atoms with E-state index in [4.69, 9.17) is 0 Å². The Morgan fingerprint density at radius 3 is 2.67 bits per heavy atom. The highest BCUT2D eigenvalue weighted by Gasteiger charge is 2.40. The molecule has 1 saturated heterocycles. The third-order valence-corrected chi connectivity index (χ3v) is 4.46. The second kappa shape index (κ2) is 6.02. The van der Waals surface area contributed by atoms with E-state index in [1.807, 2.05) is 6.92 Å². The molecule has 1 aliphatic heterocycles. The Kier molecular flexibility index (Phi) is 4.10. The van der Waals surface area contributed by atoms with Gasteiger partial charge in [-0.05, 0) is 57.7 Å². The van der Waals surface area contributed by atoms with Crippen molar-refractivity contribution in [3.05, 3.63) is 28.7 Å². The summed E-state index contributed by atoms with van der Waals surface area (Å²) in [5.41, 5.74) is 0.681. The molecular formula is C16H23N3O2. The van der Waals surface area contributed by atoms with Gasteiger partial charge in [0.05, 0.1) is 11.7 Å². The van der Waals surface area contributed by atoms with E-state index in [-0.39, 0.29) is 17.5 Å². The van der Waals surface area contributed by atoms with Crippen LogP contribution in [-0.2, 0) is 11.3 Å². The Labute approximate surface area is 124 Å². The van der Waals surface area contributed by atoms with Gasteiger partial charge < -0.3 is 9.88 Å². The highest BCUT2D eigenvalue weighted by molar-refractivity contribution is 5.95. The number of hydrogen-bond donors (Lipinski definition) is 1. The zero-order chi connectivity index (χ0) is 14.8. The van der Waals surface area contributed by atoms with Crippen LogP contribution in [-0.4, -0.2) is 34.5 Å². The first-order valence-electron chi connectivity index (χ1n) is 7.94. The predicted octanol–water partition coefficient (Wildman–Crippen LogP) is 1.68. The van der Waals surface area contributed by atoms with Gasteiger partial charge in [0.25, 0.3) is 5.56 Å². The molecule has 3 rings (SSSR count). The molecule has 0 spiro atoms. The van der Waals surface area contributed by atoms with Crippen molar-refractivity contribution < 1.29 is 4.79 Å². The number of likely N-dealkylation sites (tertiary alicyclic amines) is 1. The lowest BCUT2D eigenvalue weighted by atomic mass is 10.1. The minimum atomic E-state index is -0.0335. The highest BCUT2D eigenvalue weighted by atomic mass is 16.2. The Morgan fingerprint density at radius 2 is 2.05 bits per heavy atom. The minimum Gasteiger partial charge on any atom is -0.323 e. The molecule has 0 bridgehead atoms. The molecule has 1 amide bonds. The van der Waals surface area contributed by atoms with Gasteiger partial charge in [0, 0.05) is 18.8 Å². The molecule has 5 nitrogen and oxygen atoms in total. The van der Waals surface area contributed by atoms with Crippen LogP contribution in [0.2, 0.25) is 0 Å². The SMILES string of the molecule is CCn1cc(NC(=O)[C@@H](C2CC2)N2CCCC2)ccc1=O. The van der Waals surface area contributed by atoms with Crippen LogP contribution in [0.25, 0.3) is 0 Å². The van der Waals surface area contributed by atoms with Crippen LogP contribution in [0.5, 0.6) is 0 Å². The molecule has 5 heteroatoms. The molecule has 114 valence electrons. The van der Waals surface area contributed by atoms with Crippen LogP contribution in [0.1, 0.15) is 32.6 Å². The number of nitrogens with zero attached hydrogens (tertiary/aromatic N) is 2. The number of aromatic nitrogens is 1. The number of carbonyl (C=O) groups is 1. The molecule has 1 N–H and O–H groups in total. The summed E-state index contributed by atoms with van der Waals surface area (Å²) in [5, 5.41) is 3.00. The molecule has 1 aliphatic carbocycles. The quantitative estimate of drug-likeness (QED) is 0.897. The lowest BCUT2D eigenvalue weighted by Gasteiger charge is -2.26. The van der Waals surface area contributed by atoms with E-state index in [0.29, 0.717) is 18.2 Å². The van der Waals surface area contributed by atoms with Gasteiger partial charge in [-0.1, -0.05) is 0 Å². The fourth-order valence-electron chi connectivity index (χ4n) is 3.18. The molecule has 1 aromatic rings. The zero-order valence-corrected chi connectivity index (χ0v) is 12.5. The Morgan fingerprint density at radius 1 is 1.33 bits per heavy atom. The summed E-state index contributed by atoms with van der Waals surface area (Å²) in [4.78, 5) is 26.5.